The minimum absolute atomic E-state index is 0.226. The molecule has 4 nitrogen and oxygen atoms in total. The third-order valence-electron chi connectivity index (χ3n) is 2.69. The van der Waals surface area contributed by atoms with E-state index in [9.17, 15) is 5.11 Å². The number of aromatic nitrogens is 2. The molecular formula is C13H16N2O2S. The molecule has 0 spiro atoms. The van der Waals surface area contributed by atoms with Gasteiger partial charge in [-0.15, -0.1) is 11.8 Å². The molecule has 0 saturated heterocycles. The molecular weight excluding hydrogens is 248 g/mol. The summed E-state index contributed by atoms with van der Waals surface area (Å²) in [4.78, 5) is 8.48. The van der Waals surface area contributed by atoms with Gasteiger partial charge in [-0.1, -0.05) is 13.0 Å². The molecule has 1 unspecified atom stereocenters. The van der Waals surface area contributed by atoms with Crippen molar-refractivity contribution in [1.29, 1.82) is 0 Å². The molecule has 0 aliphatic rings. The van der Waals surface area contributed by atoms with E-state index in [-0.39, 0.29) is 6.61 Å². The second-order valence-electron chi connectivity index (χ2n) is 4.03. The van der Waals surface area contributed by atoms with E-state index in [1.165, 1.54) is 23.7 Å². The van der Waals surface area contributed by atoms with Crippen LogP contribution in [0.5, 0.6) is 0 Å². The number of aryl methyl sites for hydroxylation is 1. The Balaban J connectivity index is 2.31. The molecule has 1 atom stereocenters. The predicted molar refractivity (Wildman–Crippen MR) is 72.7 cm³/mol. The molecule has 0 fully saturated rings. The number of hydrogen-bond acceptors (Lipinski definition) is 5. The van der Waals surface area contributed by atoms with E-state index in [0.29, 0.717) is 5.75 Å². The Morgan fingerprint density at radius 2 is 2.17 bits per heavy atom. The highest BCUT2D eigenvalue weighted by Gasteiger charge is 2.08. The first kappa shape index (κ1) is 13.3. The lowest BCUT2D eigenvalue weighted by molar-refractivity contribution is 0.113. The molecule has 0 bridgehead atoms. The summed E-state index contributed by atoms with van der Waals surface area (Å²) >= 11 is 1.44. The number of rotatable bonds is 5. The van der Waals surface area contributed by atoms with Gasteiger partial charge in [0.25, 0.3) is 0 Å². The van der Waals surface area contributed by atoms with Crippen molar-refractivity contribution in [2.45, 2.75) is 24.5 Å². The first-order valence-electron chi connectivity index (χ1n) is 5.90. The van der Waals surface area contributed by atoms with Gasteiger partial charge in [-0.2, -0.15) is 0 Å². The fourth-order valence-electron chi connectivity index (χ4n) is 1.64. The fourth-order valence-corrected chi connectivity index (χ4v) is 2.54. The van der Waals surface area contributed by atoms with Crippen LogP contribution in [0.25, 0.3) is 10.9 Å². The van der Waals surface area contributed by atoms with E-state index < -0.39 is 6.10 Å². The van der Waals surface area contributed by atoms with Crippen LogP contribution in [0.15, 0.2) is 29.6 Å². The second kappa shape index (κ2) is 6.13. The largest absolute Gasteiger partial charge is 0.394 e. The summed E-state index contributed by atoms with van der Waals surface area (Å²) in [6.45, 7) is 1.88. The van der Waals surface area contributed by atoms with Crippen LogP contribution in [0.2, 0.25) is 0 Å². The van der Waals surface area contributed by atoms with E-state index in [4.69, 9.17) is 5.11 Å². The summed E-state index contributed by atoms with van der Waals surface area (Å²) < 4.78 is 0. The molecule has 2 N–H and O–H groups in total. The molecule has 2 aromatic rings. The predicted octanol–water partition coefficient (Wildman–Crippen LogP) is 1.64. The minimum atomic E-state index is -0.714. The van der Waals surface area contributed by atoms with Gasteiger partial charge in [-0.05, 0) is 24.1 Å². The number of aliphatic hydroxyl groups excluding tert-OH is 2. The number of benzene rings is 1. The summed E-state index contributed by atoms with van der Waals surface area (Å²) in [5.41, 5.74) is 2.14. The van der Waals surface area contributed by atoms with E-state index in [0.717, 1.165) is 22.3 Å². The molecule has 96 valence electrons. The van der Waals surface area contributed by atoms with E-state index >= 15 is 0 Å². The number of nitrogens with zero attached hydrogens (tertiary/aromatic N) is 2. The lowest BCUT2D eigenvalue weighted by atomic mass is 10.1. The molecule has 0 saturated carbocycles. The highest BCUT2D eigenvalue weighted by molar-refractivity contribution is 7.99. The van der Waals surface area contributed by atoms with Gasteiger partial charge in [-0.3, -0.25) is 0 Å². The zero-order valence-electron chi connectivity index (χ0n) is 10.2. The van der Waals surface area contributed by atoms with Crippen molar-refractivity contribution < 1.29 is 10.2 Å². The SMILES string of the molecule is CCc1ccc2ncnc(SCC(O)CO)c2c1. The van der Waals surface area contributed by atoms with Crippen molar-refractivity contribution in [1.82, 2.24) is 9.97 Å². The Labute approximate surface area is 110 Å². The van der Waals surface area contributed by atoms with Crippen LogP contribution in [0.4, 0.5) is 0 Å². The number of hydrogen-bond donors (Lipinski definition) is 2. The third kappa shape index (κ3) is 2.98. The van der Waals surface area contributed by atoms with Gasteiger partial charge in [-0.25, -0.2) is 9.97 Å². The molecule has 0 amide bonds. The van der Waals surface area contributed by atoms with Gasteiger partial charge in [0.2, 0.25) is 0 Å². The van der Waals surface area contributed by atoms with Gasteiger partial charge >= 0.3 is 0 Å². The van der Waals surface area contributed by atoms with E-state index in [1.807, 2.05) is 6.07 Å². The summed E-state index contributed by atoms with van der Waals surface area (Å²) in [7, 11) is 0. The maximum absolute atomic E-state index is 9.38. The van der Waals surface area contributed by atoms with Crippen LogP contribution >= 0.6 is 11.8 Å². The molecule has 1 heterocycles. The summed E-state index contributed by atoms with van der Waals surface area (Å²) in [6.07, 6.45) is 1.78. The molecule has 2 rings (SSSR count). The maximum Gasteiger partial charge on any atom is 0.117 e. The van der Waals surface area contributed by atoms with Crippen molar-refractivity contribution >= 4 is 22.7 Å². The molecule has 0 radical (unpaired) electrons. The quantitative estimate of drug-likeness (QED) is 0.635. The highest BCUT2D eigenvalue weighted by Crippen LogP contribution is 2.25. The van der Waals surface area contributed by atoms with Crippen molar-refractivity contribution in [2.24, 2.45) is 0 Å². The zero-order chi connectivity index (χ0) is 13.0. The maximum atomic E-state index is 9.38. The van der Waals surface area contributed by atoms with E-state index in [1.54, 1.807) is 0 Å². The van der Waals surface area contributed by atoms with Gasteiger partial charge < -0.3 is 10.2 Å². The highest BCUT2D eigenvalue weighted by atomic mass is 32.2. The summed E-state index contributed by atoms with van der Waals surface area (Å²) in [5, 5.41) is 20.0. The van der Waals surface area contributed by atoms with Crippen LogP contribution in [0.1, 0.15) is 12.5 Å². The van der Waals surface area contributed by atoms with Crippen molar-refractivity contribution in [3.8, 4) is 0 Å². The second-order valence-corrected chi connectivity index (χ2v) is 5.04. The Morgan fingerprint density at radius 1 is 1.33 bits per heavy atom. The minimum Gasteiger partial charge on any atom is -0.394 e. The first-order valence-corrected chi connectivity index (χ1v) is 6.88. The Bertz CT molecular complexity index is 533. The van der Waals surface area contributed by atoms with Gasteiger partial charge in [0, 0.05) is 11.1 Å². The van der Waals surface area contributed by atoms with Gasteiger partial charge in [0.1, 0.15) is 11.4 Å². The normalized spacial score (nSPS) is 12.8. The lowest BCUT2D eigenvalue weighted by Crippen LogP contribution is -2.14. The average Bonchev–Trinajstić information content (AvgIpc) is 2.43. The van der Waals surface area contributed by atoms with Crippen LogP contribution in [0, 0.1) is 0 Å². The van der Waals surface area contributed by atoms with E-state index in [2.05, 4.69) is 29.0 Å². The summed E-state index contributed by atoms with van der Waals surface area (Å²) in [6, 6.07) is 6.14. The molecule has 0 aliphatic carbocycles. The standard InChI is InChI=1S/C13H16N2O2S/c1-2-9-3-4-12-11(5-9)13(15-8-14-12)18-7-10(17)6-16/h3-5,8,10,16-17H,2,6-7H2,1H3. The molecule has 18 heavy (non-hydrogen) atoms. The van der Waals surface area contributed by atoms with Crippen LogP contribution in [0.3, 0.4) is 0 Å². The number of thioether (sulfide) groups is 1. The lowest BCUT2D eigenvalue weighted by Gasteiger charge is -2.08. The smallest absolute Gasteiger partial charge is 0.117 e. The third-order valence-corrected chi connectivity index (χ3v) is 3.84. The monoisotopic (exact) mass is 264 g/mol. The Hall–Kier alpha value is -1.17. The van der Waals surface area contributed by atoms with Crippen molar-refractivity contribution in [3.05, 3.63) is 30.1 Å². The number of fused-ring (bicyclic) bond motifs is 1. The number of aliphatic hydroxyl groups is 2. The van der Waals surface area contributed by atoms with Crippen molar-refractivity contribution in [3.63, 3.8) is 0 Å². The molecule has 5 heteroatoms. The van der Waals surface area contributed by atoms with Crippen LogP contribution < -0.4 is 0 Å². The molecule has 1 aromatic carbocycles. The van der Waals surface area contributed by atoms with Crippen LogP contribution in [-0.4, -0.2) is 38.6 Å². The van der Waals surface area contributed by atoms with Gasteiger partial charge in [0.15, 0.2) is 0 Å². The Kier molecular flexibility index (Phi) is 4.52. The Morgan fingerprint density at radius 3 is 2.89 bits per heavy atom. The van der Waals surface area contributed by atoms with Crippen molar-refractivity contribution in [2.75, 3.05) is 12.4 Å². The molecule has 0 aliphatic heterocycles. The van der Waals surface area contributed by atoms with Gasteiger partial charge in [0.05, 0.1) is 18.2 Å². The zero-order valence-corrected chi connectivity index (χ0v) is 11.0. The first-order chi connectivity index (χ1) is 8.74. The topological polar surface area (TPSA) is 66.2 Å². The molecule has 1 aromatic heterocycles. The summed E-state index contributed by atoms with van der Waals surface area (Å²) in [5.74, 6) is 0.430. The average molecular weight is 264 g/mol. The van der Waals surface area contributed by atoms with Crippen LogP contribution in [-0.2, 0) is 6.42 Å². The fraction of sp³-hybridized carbons (Fsp3) is 0.385.